The van der Waals surface area contributed by atoms with Crippen LogP contribution in [-0.2, 0) is 10.2 Å². The van der Waals surface area contributed by atoms with Crippen molar-refractivity contribution in [3.63, 3.8) is 0 Å². The Labute approximate surface area is 137 Å². The molecule has 0 atom stereocenters. The summed E-state index contributed by atoms with van der Waals surface area (Å²) in [6.45, 7) is 0. The lowest BCUT2D eigenvalue weighted by Gasteiger charge is -2.16. The van der Waals surface area contributed by atoms with E-state index in [1.54, 1.807) is 0 Å². The number of carbonyl (C=O) groups excluding carboxylic acids is 2. The molecule has 2 aromatic rings. The Morgan fingerprint density at radius 1 is 0.958 bits per heavy atom. The van der Waals surface area contributed by atoms with Crippen LogP contribution in [0, 0.1) is 10.1 Å². The highest BCUT2D eigenvalue weighted by Crippen LogP contribution is 2.48. The number of rotatable bonds is 4. The third kappa shape index (κ3) is 2.96. The number of non-ortho nitro benzene ring substituents is 1. The number of nitro benzene ring substituents is 1. The number of hydrogen-bond acceptors (Lipinski definition) is 4. The molecule has 0 saturated heterocycles. The largest absolute Gasteiger partial charge is 0.272 e. The first-order chi connectivity index (χ1) is 11.5. The lowest BCUT2D eigenvalue weighted by molar-refractivity contribution is -0.384. The number of nitrogens with one attached hydrogen (secondary N) is 2. The zero-order valence-electron chi connectivity index (χ0n) is 12.7. The van der Waals surface area contributed by atoms with E-state index in [9.17, 15) is 19.7 Å². The molecule has 2 amide bonds. The second kappa shape index (κ2) is 6.11. The number of hydrazine groups is 1. The fourth-order valence-electron chi connectivity index (χ4n) is 2.57. The van der Waals surface area contributed by atoms with Crippen LogP contribution in [0.2, 0.25) is 0 Å². The molecule has 0 radical (unpaired) electrons. The molecule has 24 heavy (non-hydrogen) atoms. The number of amides is 2. The summed E-state index contributed by atoms with van der Waals surface area (Å²) in [4.78, 5) is 34.5. The van der Waals surface area contributed by atoms with E-state index in [2.05, 4.69) is 10.9 Å². The Balaban J connectivity index is 1.62. The average Bonchev–Trinajstić information content (AvgIpc) is 3.42. The van der Waals surface area contributed by atoms with Crippen molar-refractivity contribution in [1.82, 2.24) is 10.9 Å². The molecule has 1 saturated carbocycles. The van der Waals surface area contributed by atoms with Crippen LogP contribution < -0.4 is 10.9 Å². The fourth-order valence-corrected chi connectivity index (χ4v) is 2.57. The van der Waals surface area contributed by atoms with Gasteiger partial charge in [0.2, 0.25) is 5.91 Å². The van der Waals surface area contributed by atoms with E-state index in [-0.39, 0.29) is 17.2 Å². The van der Waals surface area contributed by atoms with Gasteiger partial charge in [0, 0.05) is 17.7 Å². The monoisotopic (exact) mass is 325 g/mol. The highest BCUT2D eigenvalue weighted by Gasteiger charge is 2.51. The number of benzene rings is 2. The smallest absolute Gasteiger partial charge is 0.269 e. The molecule has 7 nitrogen and oxygen atoms in total. The van der Waals surface area contributed by atoms with E-state index in [1.165, 1.54) is 24.3 Å². The van der Waals surface area contributed by atoms with Crippen LogP contribution in [0.3, 0.4) is 0 Å². The van der Waals surface area contributed by atoms with Crippen molar-refractivity contribution in [2.24, 2.45) is 0 Å². The maximum Gasteiger partial charge on any atom is 0.269 e. The molecular formula is C17H15N3O4. The van der Waals surface area contributed by atoms with E-state index in [0.717, 1.165) is 18.4 Å². The molecule has 1 aliphatic carbocycles. The van der Waals surface area contributed by atoms with Gasteiger partial charge in [0.05, 0.1) is 10.3 Å². The molecule has 2 aromatic carbocycles. The molecule has 0 heterocycles. The molecule has 122 valence electrons. The van der Waals surface area contributed by atoms with E-state index < -0.39 is 16.2 Å². The zero-order chi connectivity index (χ0) is 17.2. The minimum absolute atomic E-state index is 0.100. The molecule has 7 heteroatoms. The minimum atomic E-state index is -0.579. The lowest BCUT2D eigenvalue weighted by atomic mass is 9.95. The van der Waals surface area contributed by atoms with Crippen LogP contribution in [0.15, 0.2) is 54.6 Å². The Hall–Kier alpha value is -3.22. The number of nitro groups is 1. The number of carbonyl (C=O) groups is 2. The van der Waals surface area contributed by atoms with Crippen molar-refractivity contribution < 1.29 is 14.5 Å². The number of hydrogen-bond donors (Lipinski definition) is 2. The van der Waals surface area contributed by atoms with Gasteiger partial charge in [-0.3, -0.25) is 30.6 Å². The maximum absolute atomic E-state index is 12.4. The summed E-state index contributed by atoms with van der Waals surface area (Å²) in [5.41, 5.74) is 5.27. The summed E-state index contributed by atoms with van der Waals surface area (Å²) in [7, 11) is 0. The molecule has 1 fully saturated rings. The van der Waals surface area contributed by atoms with Gasteiger partial charge < -0.3 is 0 Å². The molecule has 0 aromatic heterocycles. The van der Waals surface area contributed by atoms with Gasteiger partial charge in [-0.15, -0.1) is 0 Å². The highest BCUT2D eigenvalue weighted by atomic mass is 16.6. The van der Waals surface area contributed by atoms with Crippen LogP contribution in [0.4, 0.5) is 5.69 Å². The third-order valence-electron chi connectivity index (χ3n) is 4.14. The molecule has 1 aliphatic rings. The van der Waals surface area contributed by atoms with E-state index >= 15 is 0 Å². The molecule has 0 bridgehead atoms. The lowest BCUT2D eigenvalue weighted by Crippen LogP contribution is -2.46. The average molecular weight is 325 g/mol. The summed E-state index contributed by atoms with van der Waals surface area (Å²) < 4.78 is 0. The van der Waals surface area contributed by atoms with Gasteiger partial charge in [0.25, 0.3) is 11.6 Å². The predicted octanol–water partition coefficient (Wildman–Crippen LogP) is 2.09. The Kier molecular flexibility index (Phi) is 3.99. The number of nitrogens with zero attached hydrogens (tertiary/aromatic N) is 1. The topological polar surface area (TPSA) is 101 Å². The van der Waals surface area contributed by atoms with Crippen molar-refractivity contribution in [2.45, 2.75) is 18.3 Å². The van der Waals surface area contributed by atoms with Gasteiger partial charge in [0.1, 0.15) is 0 Å². The molecule has 0 spiro atoms. The summed E-state index contributed by atoms with van der Waals surface area (Å²) in [6.07, 6.45) is 1.46. The first-order valence-corrected chi connectivity index (χ1v) is 7.44. The van der Waals surface area contributed by atoms with Crippen LogP contribution in [0.1, 0.15) is 28.8 Å². The molecule has 2 N–H and O–H groups in total. The Morgan fingerprint density at radius 3 is 2.12 bits per heavy atom. The summed E-state index contributed by atoms with van der Waals surface area (Å²) in [5.74, 6) is -0.786. The zero-order valence-corrected chi connectivity index (χ0v) is 12.7. The summed E-state index contributed by atoms with van der Waals surface area (Å²) in [6, 6.07) is 14.6. The van der Waals surface area contributed by atoms with Crippen LogP contribution in [0.25, 0.3) is 0 Å². The molecule has 0 aliphatic heterocycles. The van der Waals surface area contributed by atoms with Crippen LogP contribution in [-0.4, -0.2) is 16.7 Å². The summed E-state index contributed by atoms with van der Waals surface area (Å²) in [5, 5.41) is 10.6. The highest BCUT2D eigenvalue weighted by molar-refractivity contribution is 5.97. The van der Waals surface area contributed by atoms with Gasteiger partial charge in [-0.25, -0.2) is 0 Å². The second-order valence-electron chi connectivity index (χ2n) is 5.66. The SMILES string of the molecule is O=C(NNC(=O)C1(c2ccccc2)CC1)c1ccc([N+](=O)[O-])cc1. The molecular weight excluding hydrogens is 310 g/mol. The van der Waals surface area contributed by atoms with E-state index in [0.29, 0.717) is 0 Å². The second-order valence-corrected chi connectivity index (χ2v) is 5.66. The molecule has 0 unspecified atom stereocenters. The first kappa shape index (κ1) is 15.7. The standard InChI is InChI=1S/C17H15N3O4/c21-15(12-6-8-14(9-7-12)20(23)24)18-19-16(22)17(10-11-17)13-4-2-1-3-5-13/h1-9H,10-11H2,(H,18,21)(H,19,22). The quantitative estimate of drug-likeness (QED) is 0.664. The van der Waals surface area contributed by atoms with Crippen molar-refractivity contribution in [2.75, 3.05) is 0 Å². The van der Waals surface area contributed by atoms with Crippen molar-refractivity contribution in [1.29, 1.82) is 0 Å². The van der Waals surface area contributed by atoms with E-state index in [4.69, 9.17) is 0 Å². The van der Waals surface area contributed by atoms with Gasteiger partial charge in [-0.1, -0.05) is 30.3 Å². The fraction of sp³-hybridized carbons (Fsp3) is 0.176. The Bertz CT molecular complexity index is 783. The Morgan fingerprint density at radius 2 is 1.58 bits per heavy atom. The van der Waals surface area contributed by atoms with Gasteiger partial charge in [-0.2, -0.15) is 0 Å². The van der Waals surface area contributed by atoms with Gasteiger partial charge in [-0.05, 0) is 30.5 Å². The third-order valence-corrected chi connectivity index (χ3v) is 4.14. The van der Waals surface area contributed by atoms with Crippen molar-refractivity contribution >= 4 is 17.5 Å². The van der Waals surface area contributed by atoms with Crippen LogP contribution >= 0.6 is 0 Å². The first-order valence-electron chi connectivity index (χ1n) is 7.44. The van der Waals surface area contributed by atoms with Crippen molar-refractivity contribution in [3.05, 3.63) is 75.8 Å². The van der Waals surface area contributed by atoms with E-state index in [1.807, 2.05) is 30.3 Å². The van der Waals surface area contributed by atoms with Crippen LogP contribution in [0.5, 0.6) is 0 Å². The summed E-state index contributed by atoms with van der Waals surface area (Å²) >= 11 is 0. The minimum Gasteiger partial charge on any atom is -0.272 e. The van der Waals surface area contributed by atoms with Gasteiger partial charge >= 0.3 is 0 Å². The predicted molar refractivity (Wildman–Crippen MR) is 86.1 cm³/mol. The van der Waals surface area contributed by atoms with Crippen molar-refractivity contribution in [3.8, 4) is 0 Å². The van der Waals surface area contributed by atoms with Gasteiger partial charge in [0.15, 0.2) is 0 Å². The molecule has 3 rings (SSSR count). The normalized spacial score (nSPS) is 14.5. The maximum atomic E-state index is 12.4.